The lowest BCUT2D eigenvalue weighted by Gasteiger charge is -2.16. The van der Waals surface area contributed by atoms with Gasteiger partial charge < -0.3 is 9.47 Å². The van der Waals surface area contributed by atoms with E-state index >= 15 is 0 Å². The Morgan fingerprint density at radius 2 is 1.69 bits per heavy atom. The van der Waals surface area contributed by atoms with Crippen LogP contribution in [0, 0.1) is 5.41 Å². The lowest BCUT2D eigenvalue weighted by Crippen LogP contribution is -2.29. The molecule has 16 heavy (non-hydrogen) atoms. The Morgan fingerprint density at radius 1 is 1.19 bits per heavy atom. The highest BCUT2D eigenvalue weighted by molar-refractivity contribution is 5.84. The zero-order valence-corrected chi connectivity index (χ0v) is 10.3. The monoisotopic (exact) mass is 230 g/mol. The van der Waals surface area contributed by atoms with Crippen LogP contribution in [0.1, 0.15) is 34.6 Å². The first kappa shape index (κ1) is 14.6. The zero-order valence-electron chi connectivity index (χ0n) is 10.3. The average molecular weight is 230 g/mol. The Labute approximate surface area is 95.1 Å². The van der Waals surface area contributed by atoms with Crippen LogP contribution in [-0.2, 0) is 23.9 Å². The van der Waals surface area contributed by atoms with Crippen LogP contribution >= 0.6 is 0 Å². The van der Waals surface area contributed by atoms with Crippen LogP contribution in [0.15, 0.2) is 0 Å². The molecule has 0 aromatic heterocycles. The number of Topliss-reactive ketones (excluding diaryl/α,β-unsaturated/α-hetero) is 1. The van der Waals surface area contributed by atoms with E-state index < -0.39 is 30.1 Å². The molecule has 0 N–H and O–H groups in total. The van der Waals surface area contributed by atoms with E-state index in [4.69, 9.17) is 9.47 Å². The number of esters is 2. The first-order valence-electron chi connectivity index (χ1n) is 5.01. The number of rotatable bonds is 4. The standard InChI is InChI=1S/C11H18O5/c1-7(12)8(2)16-9(13)6-15-10(14)11(3,4)5/h8H,6H2,1-5H3. The number of ether oxygens (including phenoxy) is 2. The highest BCUT2D eigenvalue weighted by Gasteiger charge is 2.24. The van der Waals surface area contributed by atoms with Crippen molar-refractivity contribution in [2.45, 2.75) is 40.7 Å². The summed E-state index contributed by atoms with van der Waals surface area (Å²) < 4.78 is 9.43. The number of ketones is 1. The largest absolute Gasteiger partial charge is 0.453 e. The van der Waals surface area contributed by atoms with Crippen molar-refractivity contribution in [3.8, 4) is 0 Å². The summed E-state index contributed by atoms with van der Waals surface area (Å²) in [5.74, 6) is -1.46. The van der Waals surface area contributed by atoms with E-state index in [1.807, 2.05) is 0 Å². The summed E-state index contributed by atoms with van der Waals surface area (Å²) >= 11 is 0. The highest BCUT2D eigenvalue weighted by Crippen LogP contribution is 2.14. The Balaban J connectivity index is 4.01. The number of carbonyl (C=O) groups excluding carboxylic acids is 3. The highest BCUT2D eigenvalue weighted by atomic mass is 16.6. The van der Waals surface area contributed by atoms with Crippen LogP contribution in [0.4, 0.5) is 0 Å². The molecule has 0 radical (unpaired) electrons. The van der Waals surface area contributed by atoms with Gasteiger partial charge in [0.15, 0.2) is 18.5 Å². The lowest BCUT2D eigenvalue weighted by molar-refractivity contribution is -0.167. The van der Waals surface area contributed by atoms with Crippen LogP contribution in [0.3, 0.4) is 0 Å². The summed E-state index contributed by atoms with van der Waals surface area (Å²) in [4.78, 5) is 33.2. The minimum absolute atomic E-state index is 0.254. The summed E-state index contributed by atoms with van der Waals surface area (Å²) in [6.07, 6.45) is -0.805. The third kappa shape index (κ3) is 5.48. The van der Waals surface area contributed by atoms with Crippen molar-refractivity contribution in [1.29, 1.82) is 0 Å². The normalized spacial score (nSPS) is 12.8. The quantitative estimate of drug-likeness (QED) is 0.676. The SMILES string of the molecule is CC(=O)C(C)OC(=O)COC(=O)C(C)(C)C. The fourth-order valence-electron chi connectivity index (χ4n) is 0.655. The second-order valence-electron chi connectivity index (χ2n) is 4.57. The molecule has 1 atom stereocenters. The van der Waals surface area contributed by atoms with Gasteiger partial charge >= 0.3 is 11.9 Å². The molecule has 5 heteroatoms. The molecule has 0 aliphatic carbocycles. The molecule has 0 rings (SSSR count). The van der Waals surface area contributed by atoms with Gasteiger partial charge in [0, 0.05) is 0 Å². The molecule has 0 bridgehead atoms. The first-order chi connectivity index (χ1) is 7.14. The van der Waals surface area contributed by atoms with Crippen LogP contribution in [0.5, 0.6) is 0 Å². The third-order valence-corrected chi connectivity index (χ3v) is 1.81. The Bertz CT molecular complexity index is 287. The van der Waals surface area contributed by atoms with Crippen LogP contribution in [-0.4, -0.2) is 30.4 Å². The molecule has 5 nitrogen and oxygen atoms in total. The maximum atomic E-state index is 11.3. The van der Waals surface area contributed by atoms with E-state index in [9.17, 15) is 14.4 Å². The topological polar surface area (TPSA) is 69.7 Å². The molecule has 0 aromatic rings. The van der Waals surface area contributed by atoms with Gasteiger partial charge in [-0.25, -0.2) is 4.79 Å². The van der Waals surface area contributed by atoms with Gasteiger partial charge in [-0.05, 0) is 34.6 Å². The minimum Gasteiger partial charge on any atom is -0.453 e. The second-order valence-corrected chi connectivity index (χ2v) is 4.57. The molecule has 0 heterocycles. The molecule has 0 fully saturated rings. The minimum atomic E-state index is -0.805. The van der Waals surface area contributed by atoms with E-state index in [2.05, 4.69) is 0 Å². The first-order valence-corrected chi connectivity index (χ1v) is 5.01. The molecular formula is C11H18O5. The van der Waals surface area contributed by atoms with Crippen molar-refractivity contribution in [2.75, 3.05) is 6.61 Å². The molecule has 92 valence electrons. The van der Waals surface area contributed by atoms with Crippen molar-refractivity contribution in [1.82, 2.24) is 0 Å². The van der Waals surface area contributed by atoms with Crippen molar-refractivity contribution in [3.05, 3.63) is 0 Å². The van der Waals surface area contributed by atoms with Crippen molar-refractivity contribution in [3.63, 3.8) is 0 Å². The predicted molar refractivity (Wildman–Crippen MR) is 56.6 cm³/mol. The molecule has 1 unspecified atom stereocenters. The fourth-order valence-corrected chi connectivity index (χ4v) is 0.655. The van der Waals surface area contributed by atoms with E-state index in [1.54, 1.807) is 20.8 Å². The summed E-state index contributed by atoms with van der Waals surface area (Å²) in [5.41, 5.74) is -0.660. The molecule has 0 aromatic carbocycles. The molecule has 0 aliphatic rings. The molecule has 0 spiro atoms. The summed E-state index contributed by atoms with van der Waals surface area (Å²) in [7, 11) is 0. The van der Waals surface area contributed by atoms with Crippen molar-refractivity contribution in [2.24, 2.45) is 5.41 Å². The van der Waals surface area contributed by atoms with E-state index in [1.165, 1.54) is 13.8 Å². The van der Waals surface area contributed by atoms with Crippen LogP contribution in [0.25, 0.3) is 0 Å². The summed E-state index contributed by atoms with van der Waals surface area (Å²) in [5, 5.41) is 0. The maximum absolute atomic E-state index is 11.3. The van der Waals surface area contributed by atoms with E-state index in [0.717, 1.165) is 0 Å². The van der Waals surface area contributed by atoms with Gasteiger partial charge in [-0.1, -0.05) is 0 Å². The molecule has 0 aliphatic heterocycles. The second kappa shape index (κ2) is 5.63. The van der Waals surface area contributed by atoms with E-state index in [-0.39, 0.29) is 5.78 Å². The Kier molecular flexibility index (Phi) is 5.14. The van der Waals surface area contributed by atoms with Gasteiger partial charge in [0.2, 0.25) is 0 Å². The molecule has 0 saturated carbocycles. The maximum Gasteiger partial charge on any atom is 0.344 e. The fraction of sp³-hybridized carbons (Fsp3) is 0.727. The Morgan fingerprint density at radius 3 is 2.06 bits per heavy atom. The molecular weight excluding hydrogens is 212 g/mol. The summed E-state index contributed by atoms with van der Waals surface area (Å²) in [6, 6.07) is 0. The predicted octanol–water partition coefficient (Wildman–Crippen LogP) is 1.10. The molecule has 0 amide bonds. The number of carbonyl (C=O) groups is 3. The van der Waals surface area contributed by atoms with Gasteiger partial charge in [0.05, 0.1) is 5.41 Å². The van der Waals surface area contributed by atoms with Gasteiger partial charge in [0.25, 0.3) is 0 Å². The van der Waals surface area contributed by atoms with Gasteiger partial charge in [-0.2, -0.15) is 0 Å². The third-order valence-electron chi connectivity index (χ3n) is 1.81. The van der Waals surface area contributed by atoms with Gasteiger partial charge in [0.1, 0.15) is 0 Å². The van der Waals surface area contributed by atoms with Crippen LogP contribution < -0.4 is 0 Å². The Hall–Kier alpha value is -1.39. The zero-order chi connectivity index (χ0) is 12.9. The van der Waals surface area contributed by atoms with Crippen molar-refractivity contribution < 1.29 is 23.9 Å². The lowest BCUT2D eigenvalue weighted by atomic mass is 9.97. The number of hydrogen-bond acceptors (Lipinski definition) is 5. The summed E-state index contributed by atoms with van der Waals surface area (Å²) in [6.45, 7) is 7.36. The molecule has 0 saturated heterocycles. The van der Waals surface area contributed by atoms with Crippen molar-refractivity contribution >= 4 is 17.7 Å². The smallest absolute Gasteiger partial charge is 0.344 e. The van der Waals surface area contributed by atoms with Gasteiger partial charge in [-0.3, -0.25) is 9.59 Å². The van der Waals surface area contributed by atoms with E-state index in [0.29, 0.717) is 0 Å². The van der Waals surface area contributed by atoms with Crippen LogP contribution in [0.2, 0.25) is 0 Å². The average Bonchev–Trinajstić information content (AvgIpc) is 2.12. The number of hydrogen-bond donors (Lipinski definition) is 0. The van der Waals surface area contributed by atoms with Gasteiger partial charge in [-0.15, -0.1) is 0 Å².